The minimum atomic E-state index is 0.439. The van der Waals surface area contributed by atoms with Crippen LogP contribution in [0.5, 0.6) is 0 Å². The van der Waals surface area contributed by atoms with Gasteiger partial charge in [-0.05, 0) is 18.4 Å². The smallest absolute Gasteiger partial charge is 0.224 e. The Labute approximate surface area is 114 Å². The van der Waals surface area contributed by atoms with Crippen LogP contribution >= 0.6 is 0 Å². The van der Waals surface area contributed by atoms with Crippen molar-refractivity contribution in [2.75, 3.05) is 24.2 Å². The highest BCUT2D eigenvalue weighted by molar-refractivity contribution is 5.46. The van der Waals surface area contributed by atoms with Gasteiger partial charge in [0.1, 0.15) is 5.82 Å². The summed E-state index contributed by atoms with van der Waals surface area (Å²) < 4.78 is 0. The van der Waals surface area contributed by atoms with Crippen LogP contribution in [0.2, 0.25) is 0 Å². The number of hydrogen-bond acceptors (Lipinski definition) is 4. The Morgan fingerprint density at radius 3 is 2.63 bits per heavy atom. The Balaban J connectivity index is 2.02. The van der Waals surface area contributed by atoms with Crippen molar-refractivity contribution >= 4 is 11.8 Å². The van der Waals surface area contributed by atoms with Crippen molar-refractivity contribution in [3.63, 3.8) is 0 Å². The number of nitrogens with one attached hydrogen (secondary N) is 2. The van der Waals surface area contributed by atoms with Gasteiger partial charge in [-0.2, -0.15) is 4.98 Å². The molecule has 2 N–H and O–H groups in total. The number of rotatable bonds is 5. The quantitative estimate of drug-likeness (QED) is 0.863. The first kappa shape index (κ1) is 13.3. The molecule has 0 saturated heterocycles. The van der Waals surface area contributed by atoms with E-state index in [1.807, 2.05) is 26.2 Å². The van der Waals surface area contributed by atoms with Crippen molar-refractivity contribution in [1.82, 2.24) is 9.97 Å². The van der Waals surface area contributed by atoms with Crippen molar-refractivity contribution in [3.8, 4) is 0 Å². The summed E-state index contributed by atoms with van der Waals surface area (Å²) in [5.74, 6) is 1.97. The second-order valence-corrected chi connectivity index (χ2v) is 4.67. The van der Waals surface area contributed by atoms with Crippen LogP contribution in [0.25, 0.3) is 0 Å². The molecular weight excluding hydrogens is 236 g/mol. The van der Waals surface area contributed by atoms with Gasteiger partial charge in [0.15, 0.2) is 0 Å². The highest BCUT2D eigenvalue weighted by Gasteiger charge is 2.07. The lowest BCUT2D eigenvalue weighted by Gasteiger charge is -2.15. The van der Waals surface area contributed by atoms with Gasteiger partial charge in [-0.15, -0.1) is 0 Å². The van der Waals surface area contributed by atoms with E-state index in [1.54, 1.807) is 0 Å². The van der Waals surface area contributed by atoms with E-state index in [0.29, 0.717) is 11.9 Å². The second kappa shape index (κ2) is 6.18. The van der Waals surface area contributed by atoms with E-state index in [2.05, 4.69) is 51.8 Å². The first-order valence-corrected chi connectivity index (χ1v) is 6.51. The van der Waals surface area contributed by atoms with Gasteiger partial charge in [0.05, 0.1) is 0 Å². The summed E-state index contributed by atoms with van der Waals surface area (Å²) in [7, 11) is 1.82. The predicted molar refractivity (Wildman–Crippen MR) is 79.7 cm³/mol. The number of aromatic nitrogens is 2. The van der Waals surface area contributed by atoms with Gasteiger partial charge in [-0.1, -0.05) is 37.3 Å². The maximum absolute atomic E-state index is 4.42. The van der Waals surface area contributed by atoms with Gasteiger partial charge in [0.2, 0.25) is 5.95 Å². The molecule has 0 aliphatic carbocycles. The van der Waals surface area contributed by atoms with E-state index in [1.165, 1.54) is 5.56 Å². The fraction of sp³-hybridized carbons (Fsp3) is 0.333. The minimum Gasteiger partial charge on any atom is -0.369 e. The standard InChI is InChI=1S/C15H20N4/c1-11(13-7-5-4-6-8-13)9-17-14-12(2)10-18-15(16-3)19-14/h4-8,10-11H,9H2,1-3H3,(H2,16,17,18,19). The zero-order valence-electron chi connectivity index (χ0n) is 11.6. The van der Waals surface area contributed by atoms with Gasteiger partial charge in [-0.25, -0.2) is 4.98 Å². The topological polar surface area (TPSA) is 49.8 Å². The van der Waals surface area contributed by atoms with Crippen LogP contribution in [0, 0.1) is 6.92 Å². The first-order chi connectivity index (χ1) is 9.20. The SMILES string of the molecule is CNc1ncc(C)c(NCC(C)c2ccccc2)n1. The number of aryl methyl sites for hydroxylation is 1. The molecule has 0 aliphatic rings. The largest absolute Gasteiger partial charge is 0.369 e. The highest BCUT2D eigenvalue weighted by atomic mass is 15.1. The number of benzene rings is 1. The van der Waals surface area contributed by atoms with Crippen LogP contribution in [0.4, 0.5) is 11.8 Å². The lowest BCUT2D eigenvalue weighted by atomic mass is 10.0. The van der Waals surface area contributed by atoms with Gasteiger partial charge < -0.3 is 10.6 Å². The molecule has 4 heteroatoms. The molecule has 1 heterocycles. The number of nitrogens with zero attached hydrogens (tertiary/aromatic N) is 2. The molecule has 0 saturated carbocycles. The second-order valence-electron chi connectivity index (χ2n) is 4.67. The molecular formula is C15H20N4. The lowest BCUT2D eigenvalue weighted by molar-refractivity contribution is 0.800. The maximum atomic E-state index is 4.42. The van der Waals surface area contributed by atoms with E-state index < -0.39 is 0 Å². The predicted octanol–water partition coefficient (Wildman–Crippen LogP) is 3.04. The summed E-state index contributed by atoms with van der Waals surface area (Å²) >= 11 is 0. The lowest BCUT2D eigenvalue weighted by Crippen LogP contribution is -2.12. The fourth-order valence-corrected chi connectivity index (χ4v) is 1.89. The van der Waals surface area contributed by atoms with Crippen molar-refractivity contribution < 1.29 is 0 Å². The van der Waals surface area contributed by atoms with E-state index in [9.17, 15) is 0 Å². The Morgan fingerprint density at radius 2 is 1.95 bits per heavy atom. The van der Waals surface area contributed by atoms with Gasteiger partial charge in [-0.3, -0.25) is 0 Å². The zero-order valence-corrected chi connectivity index (χ0v) is 11.6. The third kappa shape index (κ3) is 3.44. The molecule has 1 atom stereocenters. The molecule has 2 aromatic rings. The molecule has 2 rings (SSSR count). The van der Waals surface area contributed by atoms with Crippen LogP contribution in [0.15, 0.2) is 36.5 Å². The van der Waals surface area contributed by atoms with Crippen LogP contribution in [0.1, 0.15) is 24.0 Å². The monoisotopic (exact) mass is 256 g/mol. The summed E-state index contributed by atoms with van der Waals surface area (Å²) in [4.78, 5) is 8.60. The molecule has 0 amide bonds. The molecule has 1 aromatic heterocycles. The average Bonchev–Trinajstić information content (AvgIpc) is 2.47. The molecule has 0 aliphatic heterocycles. The summed E-state index contributed by atoms with van der Waals surface area (Å²) in [6.07, 6.45) is 1.83. The van der Waals surface area contributed by atoms with E-state index in [4.69, 9.17) is 0 Å². The van der Waals surface area contributed by atoms with Crippen molar-refractivity contribution in [3.05, 3.63) is 47.7 Å². The van der Waals surface area contributed by atoms with Crippen molar-refractivity contribution in [2.45, 2.75) is 19.8 Å². The molecule has 0 spiro atoms. The van der Waals surface area contributed by atoms with Crippen molar-refractivity contribution in [2.24, 2.45) is 0 Å². The molecule has 19 heavy (non-hydrogen) atoms. The van der Waals surface area contributed by atoms with Crippen LogP contribution < -0.4 is 10.6 Å². The molecule has 0 bridgehead atoms. The normalized spacial score (nSPS) is 11.9. The summed E-state index contributed by atoms with van der Waals surface area (Å²) in [5.41, 5.74) is 2.38. The molecule has 1 aromatic carbocycles. The van der Waals surface area contributed by atoms with Crippen molar-refractivity contribution in [1.29, 1.82) is 0 Å². The number of anilines is 2. The van der Waals surface area contributed by atoms with Crippen LogP contribution in [-0.4, -0.2) is 23.6 Å². The number of hydrogen-bond donors (Lipinski definition) is 2. The molecule has 1 unspecified atom stereocenters. The van der Waals surface area contributed by atoms with Gasteiger partial charge >= 0.3 is 0 Å². The van der Waals surface area contributed by atoms with E-state index in [-0.39, 0.29) is 0 Å². The summed E-state index contributed by atoms with van der Waals surface area (Å²) in [6, 6.07) is 10.5. The summed E-state index contributed by atoms with van der Waals surface area (Å²) in [5, 5.41) is 6.35. The van der Waals surface area contributed by atoms with Crippen LogP contribution in [0.3, 0.4) is 0 Å². The molecule has 4 nitrogen and oxygen atoms in total. The zero-order chi connectivity index (χ0) is 13.7. The Bertz CT molecular complexity index is 525. The molecule has 100 valence electrons. The maximum Gasteiger partial charge on any atom is 0.224 e. The Morgan fingerprint density at radius 1 is 1.21 bits per heavy atom. The van der Waals surface area contributed by atoms with E-state index >= 15 is 0 Å². The van der Waals surface area contributed by atoms with E-state index in [0.717, 1.165) is 17.9 Å². The third-order valence-corrected chi connectivity index (χ3v) is 3.14. The molecule has 0 fully saturated rings. The first-order valence-electron chi connectivity index (χ1n) is 6.51. The Hall–Kier alpha value is -2.10. The average molecular weight is 256 g/mol. The van der Waals surface area contributed by atoms with Crippen LogP contribution in [-0.2, 0) is 0 Å². The summed E-state index contributed by atoms with van der Waals surface area (Å²) in [6.45, 7) is 5.07. The van der Waals surface area contributed by atoms with Gasteiger partial charge in [0, 0.05) is 25.4 Å². The van der Waals surface area contributed by atoms with Gasteiger partial charge in [0.25, 0.3) is 0 Å². The third-order valence-electron chi connectivity index (χ3n) is 3.14. The molecule has 0 radical (unpaired) electrons. The highest BCUT2D eigenvalue weighted by Crippen LogP contribution is 2.17. The Kier molecular flexibility index (Phi) is 4.34. The fourth-order valence-electron chi connectivity index (χ4n) is 1.89. The minimum absolute atomic E-state index is 0.439.